The number of carbonyl (C=O) groups excluding carboxylic acids is 3. The van der Waals surface area contributed by atoms with Gasteiger partial charge in [0, 0.05) is 17.0 Å². The molecular weight excluding hydrogens is 294 g/mol. The monoisotopic (exact) mass is 317 g/mol. The van der Waals surface area contributed by atoms with Gasteiger partial charge in [-0.3, -0.25) is 14.5 Å². The first-order valence-electron chi connectivity index (χ1n) is 8.18. The number of rotatable bonds is 3. The van der Waals surface area contributed by atoms with Gasteiger partial charge in [0.1, 0.15) is 5.54 Å². The number of aromatic nitrogens is 1. The molecule has 3 rings (SSSR count). The minimum Gasteiger partial charge on any atom is -0.362 e. The fraction of sp³-hybridized carbons (Fsp3) is 0.588. The van der Waals surface area contributed by atoms with Crippen LogP contribution in [0.25, 0.3) is 0 Å². The first-order chi connectivity index (χ1) is 10.8. The lowest BCUT2D eigenvalue weighted by atomic mass is 9.73. The molecule has 1 aromatic heterocycles. The zero-order valence-electron chi connectivity index (χ0n) is 13.9. The smallest absolute Gasteiger partial charge is 0.325 e. The second kappa shape index (κ2) is 5.51. The summed E-state index contributed by atoms with van der Waals surface area (Å²) in [5, 5.41) is 2.87. The third-order valence-electron chi connectivity index (χ3n) is 5.25. The summed E-state index contributed by atoms with van der Waals surface area (Å²) in [6.07, 6.45) is 3.58. The van der Waals surface area contributed by atoms with Crippen molar-refractivity contribution in [1.82, 2.24) is 15.2 Å². The zero-order valence-corrected chi connectivity index (χ0v) is 13.9. The van der Waals surface area contributed by atoms with E-state index in [4.69, 9.17) is 0 Å². The van der Waals surface area contributed by atoms with Gasteiger partial charge in [0.2, 0.25) is 0 Å². The summed E-state index contributed by atoms with van der Waals surface area (Å²) in [7, 11) is 0. The van der Waals surface area contributed by atoms with E-state index in [1.165, 1.54) is 0 Å². The molecule has 2 N–H and O–H groups in total. The number of aromatic amines is 1. The van der Waals surface area contributed by atoms with Crippen molar-refractivity contribution < 1.29 is 14.4 Å². The fourth-order valence-corrected chi connectivity index (χ4v) is 3.88. The molecule has 1 aliphatic heterocycles. The first kappa shape index (κ1) is 15.8. The molecule has 1 aliphatic carbocycles. The molecule has 23 heavy (non-hydrogen) atoms. The molecule has 0 radical (unpaired) electrons. The lowest BCUT2D eigenvalue weighted by molar-refractivity contribution is -0.133. The Bertz CT molecular complexity index is 679. The van der Waals surface area contributed by atoms with Gasteiger partial charge in [-0.15, -0.1) is 0 Å². The molecule has 3 amide bonds. The Kier molecular flexibility index (Phi) is 3.78. The number of Topliss-reactive ketones (excluding diaryl/α,β-unsaturated/α-hetero) is 1. The average Bonchev–Trinajstić information content (AvgIpc) is 2.95. The van der Waals surface area contributed by atoms with Gasteiger partial charge in [-0.25, -0.2) is 4.79 Å². The van der Waals surface area contributed by atoms with E-state index >= 15 is 0 Å². The Balaban J connectivity index is 1.81. The Labute approximate surface area is 135 Å². The molecule has 1 saturated heterocycles. The van der Waals surface area contributed by atoms with Crippen molar-refractivity contribution in [2.24, 2.45) is 5.92 Å². The van der Waals surface area contributed by atoms with E-state index in [9.17, 15) is 14.4 Å². The van der Waals surface area contributed by atoms with Gasteiger partial charge in [0.15, 0.2) is 5.78 Å². The van der Waals surface area contributed by atoms with Crippen LogP contribution in [-0.2, 0) is 4.79 Å². The molecule has 0 unspecified atom stereocenters. The molecule has 2 aliphatic rings. The molecule has 6 heteroatoms. The summed E-state index contributed by atoms with van der Waals surface area (Å²) < 4.78 is 0. The second-order valence-corrected chi connectivity index (χ2v) is 6.85. The highest BCUT2D eigenvalue weighted by molar-refractivity contribution is 6.11. The van der Waals surface area contributed by atoms with E-state index in [0.29, 0.717) is 12.0 Å². The van der Waals surface area contributed by atoms with E-state index in [-0.39, 0.29) is 24.2 Å². The molecular formula is C17H23N3O3. The SMILES string of the molecule is Cc1cc(C(=O)CN2C(=O)N[C@@]3(CCCC[C@H]3C)C2=O)c(C)[nH]1. The molecule has 2 atom stereocenters. The average molecular weight is 317 g/mol. The number of hydrogen-bond acceptors (Lipinski definition) is 3. The highest BCUT2D eigenvalue weighted by atomic mass is 16.2. The van der Waals surface area contributed by atoms with Crippen LogP contribution >= 0.6 is 0 Å². The van der Waals surface area contributed by atoms with Crippen LogP contribution in [0, 0.1) is 19.8 Å². The van der Waals surface area contributed by atoms with Gasteiger partial charge in [-0.05, 0) is 38.7 Å². The van der Waals surface area contributed by atoms with Crippen molar-refractivity contribution in [2.75, 3.05) is 6.54 Å². The number of urea groups is 1. The highest BCUT2D eigenvalue weighted by Gasteiger charge is 2.55. The second-order valence-electron chi connectivity index (χ2n) is 6.85. The van der Waals surface area contributed by atoms with E-state index in [2.05, 4.69) is 10.3 Å². The highest BCUT2D eigenvalue weighted by Crippen LogP contribution is 2.38. The number of hydrogen-bond donors (Lipinski definition) is 2. The largest absolute Gasteiger partial charge is 0.362 e. The number of nitrogens with one attached hydrogen (secondary N) is 2. The normalized spacial score (nSPS) is 27.6. The van der Waals surface area contributed by atoms with Crippen LogP contribution in [0.4, 0.5) is 4.79 Å². The summed E-state index contributed by atoms with van der Waals surface area (Å²) in [5.41, 5.74) is 1.39. The lowest BCUT2D eigenvalue weighted by Gasteiger charge is -2.36. The Morgan fingerprint density at radius 3 is 2.70 bits per heavy atom. The van der Waals surface area contributed by atoms with E-state index in [0.717, 1.165) is 35.6 Å². The Morgan fingerprint density at radius 1 is 1.35 bits per heavy atom. The number of H-pyrrole nitrogens is 1. The van der Waals surface area contributed by atoms with Gasteiger partial charge in [-0.2, -0.15) is 0 Å². The van der Waals surface area contributed by atoms with E-state index < -0.39 is 11.6 Å². The third kappa shape index (κ3) is 2.46. The quantitative estimate of drug-likeness (QED) is 0.663. The summed E-state index contributed by atoms with van der Waals surface area (Å²) in [4.78, 5) is 41.8. The van der Waals surface area contributed by atoms with E-state index in [1.807, 2.05) is 20.8 Å². The summed E-state index contributed by atoms with van der Waals surface area (Å²) >= 11 is 0. The van der Waals surface area contributed by atoms with Crippen LogP contribution in [0.3, 0.4) is 0 Å². The maximum atomic E-state index is 12.8. The molecule has 1 aromatic rings. The van der Waals surface area contributed by atoms with Gasteiger partial charge >= 0.3 is 6.03 Å². The van der Waals surface area contributed by atoms with Gasteiger partial charge in [-0.1, -0.05) is 19.8 Å². The van der Waals surface area contributed by atoms with Crippen LogP contribution in [0.1, 0.15) is 54.4 Å². The predicted molar refractivity (Wildman–Crippen MR) is 85.2 cm³/mol. The lowest BCUT2D eigenvalue weighted by Crippen LogP contribution is -2.54. The van der Waals surface area contributed by atoms with Crippen LogP contribution < -0.4 is 5.32 Å². The van der Waals surface area contributed by atoms with Gasteiger partial charge in [0.25, 0.3) is 5.91 Å². The van der Waals surface area contributed by atoms with Crippen LogP contribution in [-0.4, -0.2) is 39.7 Å². The Hall–Kier alpha value is -2.11. The van der Waals surface area contributed by atoms with Crippen molar-refractivity contribution in [3.8, 4) is 0 Å². The predicted octanol–water partition coefficient (Wildman–Crippen LogP) is 2.31. The number of nitrogens with zero attached hydrogens (tertiary/aromatic N) is 1. The van der Waals surface area contributed by atoms with Crippen molar-refractivity contribution >= 4 is 17.7 Å². The van der Waals surface area contributed by atoms with Crippen molar-refractivity contribution in [2.45, 2.75) is 52.0 Å². The number of imide groups is 1. The summed E-state index contributed by atoms with van der Waals surface area (Å²) in [6, 6.07) is 1.32. The number of amides is 3. The molecule has 2 heterocycles. The molecule has 6 nitrogen and oxygen atoms in total. The minimum atomic E-state index is -0.807. The first-order valence-corrected chi connectivity index (χ1v) is 8.18. The molecule has 1 saturated carbocycles. The molecule has 1 spiro atoms. The maximum absolute atomic E-state index is 12.8. The van der Waals surface area contributed by atoms with E-state index in [1.54, 1.807) is 6.07 Å². The van der Waals surface area contributed by atoms with Crippen molar-refractivity contribution in [3.63, 3.8) is 0 Å². The number of carbonyl (C=O) groups is 3. The standard InChI is InChI=1S/C17H23N3O3/c1-10-6-4-5-7-17(10)15(22)20(16(23)19-17)9-14(21)13-8-11(2)18-12(13)3/h8,10,18H,4-7,9H2,1-3H3,(H,19,23)/t10-,17-/m1/s1. The Morgan fingerprint density at radius 2 is 2.09 bits per heavy atom. The maximum Gasteiger partial charge on any atom is 0.325 e. The van der Waals surface area contributed by atoms with Crippen molar-refractivity contribution in [3.05, 3.63) is 23.0 Å². The zero-order chi connectivity index (χ0) is 16.8. The van der Waals surface area contributed by atoms with Crippen LogP contribution in [0.5, 0.6) is 0 Å². The van der Waals surface area contributed by atoms with Crippen molar-refractivity contribution in [1.29, 1.82) is 0 Å². The molecule has 2 fully saturated rings. The van der Waals surface area contributed by atoms with Gasteiger partial charge < -0.3 is 10.3 Å². The molecule has 0 aromatic carbocycles. The summed E-state index contributed by atoms with van der Waals surface area (Å²) in [6.45, 7) is 5.49. The number of ketones is 1. The fourth-order valence-electron chi connectivity index (χ4n) is 3.88. The van der Waals surface area contributed by atoms with Crippen LogP contribution in [0.2, 0.25) is 0 Å². The molecule has 124 valence electrons. The van der Waals surface area contributed by atoms with Crippen LogP contribution in [0.15, 0.2) is 6.07 Å². The topological polar surface area (TPSA) is 82.3 Å². The minimum absolute atomic E-state index is 0.101. The molecule has 0 bridgehead atoms. The number of aryl methyl sites for hydroxylation is 2. The third-order valence-corrected chi connectivity index (χ3v) is 5.25. The summed E-state index contributed by atoms with van der Waals surface area (Å²) in [5.74, 6) is -0.354. The van der Waals surface area contributed by atoms with Gasteiger partial charge in [0.05, 0.1) is 6.54 Å².